The first-order chi connectivity index (χ1) is 14.5. The molecule has 1 aromatic heterocycles. The van der Waals surface area contributed by atoms with Crippen LogP contribution in [0.3, 0.4) is 0 Å². The molecule has 0 saturated carbocycles. The summed E-state index contributed by atoms with van der Waals surface area (Å²) in [5.74, 6) is -0.758. The monoisotopic (exact) mass is 413 g/mol. The van der Waals surface area contributed by atoms with Crippen LogP contribution in [-0.4, -0.2) is 9.78 Å². The fourth-order valence-corrected chi connectivity index (χ4v) is 4.04. The van der Waals surface area contributed by atoms with Crippen LogP contribution in [0.5, 0.6) is 0 Å². The van der Waals surface area contributed by atoms with Gasteiger partial charge in [-0.1, -0.05) is 77.8 Å². The van der Waals surface area contributed by atoms with Crippen molar-refractivity contribution in [1.82, 2.24) is 9.78 Å². The van der Waals surface area contributed by atoms with Crippen molar-refractivity contribution in [2.75, 3.05) is 0 Å². The Balaban J connectivity index is 1.84. The lowest BCUT2D eigenvalue weighted by molar-refractivity contribution is 0.630. The van der Waals surface area contributed by atoms with Gasteiger partial charge in [-0.25, -0.2) is 4.68 Å². The quantitative estimate of drug-likeness (QED) is 0.452. The van der Waals surface area contributed by atoms with E-state index in [9.17, 15) is 10.1 Å². The lowest BCUT2D eigenvalue weighted by Crippen LogP contribution is -2.28. The van der Waals surface area contributed by atoms with Gasteiger partial charge in [-0.3, -0.25) is 4.79 Å². The van der Waals surface area contributed by atoms with E-state index >= 15 is 0 Å². The number of rotatable bonds is 4. The molecule has 0 spiro atoms. The summed E-state index contributed by atoms with van der Waals surface area (Å²) in [5, 5.41) is 16.6. The van der Waals surface area contributed by atoms with E-state index < -0.39 is 5.92 Å². The van der Waals surface area contributed by atoms with Crippen LogP contribution >= 0.6 is 11.6 Å². The summed E-state index contributed by atoms with van der Waals surface area (Å²) in [7, 11) is 0. The molecule has 1 unspecified atom stereocenters. The van der Waals surface area contributed by atoms with Crippen LogP contribution in [0, 0.1) is 25.2 Å². The maximum atomic E-state index is 13.4. The molecule has 0 aliphatic carbocycles. The Morgan fingerprint density at radius 3 is 2.67 bits per heavy atom. The number of hydrogen-bond donors (Lipinski definition) is 0. The molecule has 1 heterocycles. The number of benzene rings is 3. The number of halogens is 1. The molecule has 1 atom stereocenters. The van der Waals surface area contributed by atoms with Crippen molar-refractivity contribution in [1.29, 1.82) is 5.26 Å². The van der Waals surface area contributed by atoms with E-state index in [-0.39, 0.29) is 16.1 Å². The van der Waals surface area contributed by atoms with Crippen LogP contribution in [-0.2, 0) is 6.54 Å². The van der Waals surface area contributed by atoms with Gasteiger partial charge in [0.25, 0.3) is 5.56 Å². The van der Waals surface area contributed by atoms with Crippen molar-refractivity contribution >= 4 is 22.4 Å². The Morgan fingerprint density at radius 1 is 1.10 bits per heavy atom. The highest BCUT2D eigenvalue weighted by Gasteiger charge is 2.24. The molecule has 30 heavy (non-hydrogen) atoms. The van der Waals surface area contributed by atoms with Crippen LogP contribution in [0.2, 0.25) is 5.02 Å². The van der Waals surface area contributed by atoms with E-state index in [2.05, 4.69) is 11.2 Å². The van der Waals surface area contributed by atoms with Crippen molar-refractivity contribution in [2.24, 2.45) is 0 Å². The molecule has 0 radical (unpaired) electrons. The summed E-state index contributed by atoms with van der Waals surface area (Å²) in [5.41, 5.74) is 3.67. The number of nitriles is 1. The average Bonchev–Trinajstić information content (AvgIpc) is 2.75. The predicted octanol–water partition coefficient (Wildman–Crippen LogP) is 5.37. The third-order valence-electron chi connectivity index (χ3n) is 5.40. The summed E-state index contributed by atoms with van der Waals surface area (Å²) in [6.07, 6.45) is 1.46. The average molecular weight is 414 g/mol. The van der Waals surface area contributed by atoms with E-state index in [1.165, 1.54) is 10.9 Å². The van der Waals surface area contributed by atoms with Crippen molar-refractivity contribution in [3.8, 4) is 6.07 Å². The minimum Gasteiger partial charge on any atom is -0.267 e. The van der Waals surface area contributed by atoms with Gasteiger partial charge in [-0.15, -0.1) is 0 Å². The molecule has 4 aromatic rings. The van der Waals surface area contributed by atoms with E-state index in [1.54, 1.807) is 0 Å². The van der Waals surface area contributed by atoms with Crippen LogP contribution in [0.4, 0.5) is 0 Å². The van der Waals surface area contributed by atoms with E-state index in [0.717, 1.165) is 33.0 Å². The molecule has 0 fully saturated rings. The first kappa shape index (κ1) is 19.9. The first-order valence-corrected chi connectivity index (χ1v) is 10.1. The van der Waals surface area contributed by atoms with Gasteiger partial charge >= 0.3 is 0 Å². The predicted molar refractivity (Wildman–Crippen MR) is 120 cm³/mol. The fraction of sp³-hybridized carbons (Fsp3) is 0.160. The zero-order valence-electron chi connectivity index (χ0n) is 16.8. The molecule has 0 N–H and O–H groups in total. The highest BCUT2D eigenvalue weighted by Crippen LogP contribution is 2.30. The zero-order valence-corrected chi connectivity index (χ0v) is 17.5. The van der Waals surface area contributed by atoms with E-state index in [4.69, 9.17) is 11.6 Å². The second-order valence-corrected chi connectivity index (χ2v) is 7.84. The molecule has 4 nitrogen and oxygen atoms in total. The Morgan fingerprint density at radius 2 is 1.87 bits per heavy atom. The highest BCUT2D eigenvalue weighted by atomic mass is 35.5. The molecular weight excluding hydrogens is 394 g/mol. The Kier molecular flexibility index (Phi) is 5.39. The van der Waals surface area contributed by atoms with E-state index in [0.29, 0.717) is 6.54 Å². The van der Waals surface area contributed by atoms with Crippen LogP contribution < -0.4 is 5.56 Å². The van der Waals surface area contributed by atoms with Gasteiger partial charge in [-0.05, 0) is 41.3 Å². The summed E-state index contributed by atoms with van der Waals surface area (Å²) >= 11 is 6.39. The molecular formula is C25H20ClN3O. The minimum atomic E-state index is -0.758. The summed E-state index contributed by atoms with van der Waals surface area (Å²) in [6.45, 7) is 4.20. The van der Waals surface area contributed by atoms with Crippen molar-refractivity contribution < 1.29 is 0 Å². The van der Waals surface area contributed by atoms with Gasteiger partial charge in [0.05, 0.1) is 29.4 Å². The number of aryl methyl sites for hydroxylation is 2. The molecule has 0 bridgehead atoms. The van der Waals surface area contributed by atoms with Crippen molar-refractivity contribution in [3.63, 3.8) is 0 Å². The van der Waals surface area contributed by atoms with Crippen LogP contribution in [0.25, 0.3) is 10.8 Å². The number of hydrogen-bond acceptors (Lipinski definition) is 3. The minimum absolute atomic E-state index is 0.210. The van der Waals surface area contributed by atoms with Gasteiger partial charge in [0.2, 0.25) is 0 Å². The second kappa shape index (κ2) is 8.14. The maximum absolute atomic E-state index is 13.4. The maximum Gasteiger partial charge on any atom is 0.273 e. The zero-order chi connectivity index (χ0) is 21.3. The van der Waals surface area contributed by atoms with Crippen LogP contribution in [0.1, 0.15) is 33.7 Å². The Hall–Kier alpha value is -3.42. The molecule has 4 rings (SSSR count). The standard InChI is InChI=1S/C25H20ClN3O/c1-16-10-11-17(2)21(12-16)22(13-27)24-23(26)14-28-29(25(24)30)15-19-8-5-7-18-6-3-4-9-20(18)19/h3-12,14,22H,15H2,1-2H3. The second-order valence-electron chi connectivity index (χ2n) is 7.43. The molecule has 5 heteroatoms. The lowest BCUT2D eigenvalue weighted by atomic mass is 9.89. The number of nitrogens with zero attached hydrogens (tertiary/aromatic N) is 3. The highest BCUT2D eigenvalue weighted by molar-refractivity contribution is 6.31. The third-order valence-corrected chi connectivity index (χ3v) is 5.70. The first-order valence-electron chi connectivity index (χ1n) is 9.68. The topological polar surface area (TPSA) is 58.7 Å². The lowest BCUT2D eigenvalue weighted by Gasteiger charge is -2.16. The third kappa shape index (κ3) is 3.60. The van der Waals surface area contributed by atoms with Gasteiger partial charge < -0.3 is 0 Å². The van der Waals surface area contributed by atoms with Gasteiger partial charge in [-0.2, -0.15) is 10.4 Å². The fourth-order valence-electron chi connectivity index (χ4n) is 3.81. The molecule has 0 aliphatic heterocycles. The van der Waals surface area contributed by atoms with Gasteiger partial charge in [0.1, 0.15) is 5.92 Å². The van der Waals surface area contributed by atoms with E-state index in [1.807, 2.05) is 74.5 Å². The number of aromatic nitrogens is 2. The normalized spacial score (nSPS) is 11.9. The number of fused-ring (bicyclic) bond motifs is 1. The largest absolute Gasteiger partial charge is 0.273 e. The smallest absolute Gasteiger partial charge is 0.267 e. The summed E-state index contributed by atoms with van der Waals surface area (Å²) in [4.78, 5) is 13.4. The van der Waals surface area contributed by atoms with Crippen molar-refractivity contribution in [2.45, 2.75) is 26.3 Å². The summed E-state index contributed by atoms with van der Waals surface area (Å²) in [6, 6.07) is 22.2. The SMILES string of the molecule is Cc1ccc(C)c(C(C#N)c2c(Cl)cnn(Cc3cccc4ccccc34)c2=O)c1. The van der Waals surface area contributed by atoms with Crippen molar-refractivity contribution in [3.05, 3.63) is 110 Å². The molecule has 0 aliphatic rings. The van der Waals surface area contributed by atoms with Gasteiger partial charge in [0, 0.05) is 0 Å². The summed E-state index contributed by atoms with van der Waals surface area (Å²) < 4.78 is 1.39. The molecule has 0 amide bonds. The molecule has 3 aromatic carbocycles. The molecule has 0 saturated heterocycles. The van der Waals surface area contributed by atoms with Crippen LogP contribution in [0.15, 0.2) is 71.7 Å². The Labute approximate surface area is 180 Å². The Bertz CT molecular complexity index is 1350. The van der Waals surface area contributed by atoms with Gasteiger partial charge in [0.15, 0.2) is 0 Å². The molecule has 148 valence electrons.